The number of rotatable bonds is 9. The minimum absolute atomic E-state index is 0.0468. The predicted octanol–water partition coefficient (Wildman–Crippen LogP) is 1.49. The van der Waals surface area contributed by atoms with Crippen molar-refractivity contribution in [1.82, 2.24) is 10.6 Å². The van der Waals surface area contributed by atoms with Crippen LogP contribution in [-0.2, 0) is 11.3 Å². The van der Waals surface area contributed by atoms with Gasteiger partial charge in [0.25, 0.3) is 5.91 Å². The van der Waals surface area contributed by atoms with Crippen LogP contribution in [0.25, 0.3) is 0 Å². The summed E-state index contributed by atoms with van der Waals surface area (Å²) in [6.07, 6.45) is 1.62. The molecule has 110 valence electrons. The summed E-state index contributed by atoms with van der Waals surface area (Å²) in [4.78, 5) is 11.5. The highest BCUT2D eigenvalue weighted by Gasteiger charge is 2.08. The number of carbonyl (C=O) groups excluding carboxylic acids is 1. The van der Waals surface area contributed by atoms with Gasteiger partial charge in [-0.25, -0.2) is 0 Å². The van der Waals surface area contributed by atoms with Crippen molar-refractivity contribution in [1.29, 1.82) is 0 Å². The van der Waals surface area contributed by atoms with Crippen LogP contribution in [-0.4, -0.2) is 32.7 Å². The highest BCUT2D eigenvalue weighted by molar-refractivity contribution is 5.77. The van der Waals surface area contributed by atoms with E-state index in [1.165, 1.54) is 0 Å². The average Bonchev–Trinajstić information content (AvgIpc) is 2.48. The smallest absolute Gasteiger partial charge is 0.258 e. The molecular weight excluding hydrogens is 256 g/mol. The van der Waals surface area contributed by atoms with Gasteiger partial charge < -0.3 is 20.1 Å². The molecule has 5 heteroatoms. The van der Waals surface area contributed by atoms with Gasteiger partial charge in [0.2, 0.25) is 0 Å². The largest absolute Gasteiger partial charge is 0.493 e. The predicted molar refractivity (Wildman–Crippen MR) is 79.1 cm³/mol. The molecule has 0 aromatic heterocycles. The Bertz CT molecular complexity index is 447. The summed E-state index contributed by atoms with van der Waals surface area (Å²) in [5.41, 5.74) is 1.08. The molecule has 1 rings (SSSR count). The summed E-state index contributed by atoms with van der Waals surface area (Å²) in [5, 5.41) is 5.89. The van der Waals surface area contributed by atoms with Crippen LogP contribution in [0.4, 0.5) is 0 Å². The normalized spacial score (nSPS) is 9.90. The number of nitrogens with one attached hydrogen (secondary N) is 2. The van der Waals surface area contributed by atoms with Gasteiger partial charge in [0.05, 0.1) is 7.11 Å². The molecule has 2 N–H and O–H groups in total. The summed E-state index contributed by atoms with van der Waals surface area (Å²) in [6.45, 7) is 7.61. The van der Waals surface area contributed by atoms with Crippen molar-refractivity contribution in [3.05, 3.63) is 36.4 Å². The maximum atomic E-state index is 11.5. The number of hydrogen-bond donors (Lipinski definition) is 2. The topological polar surface area (TPSA) is 59.6 Å². The number of carbonyl (C=O) groups is 1. The fourth-order valence-corrected chi connectivity index (χ4v) is 1.59. The molecule has 0 unspecified atom stereocenters. The van der Waals surface area contributed by atoms with E-state index in [-0.39, 0.29) is 12.5 Å². The molecule has 0 spiro atoms. The Morgan fingerprint density at radius 2 is 2.20 bits per heavy atom. The molecule has 0 saturated heterocycles. The van der Waals surface area contributed by atoms with Gasteiger partial charge in [-0.1, -0.05) is 19.1 Å². The molecule has 0 heterocycles. The van der Waals surface area contributed by atoms with Crippen LogP contribution in [0.1, 0.15) is 12.5 Å². The van der Waals surface area contributed by atoms with Gasteiger partial charge in [-0.2, -0.15) is 0 Å². The quantitative estimate of drug-likeness (QED) is 0.672. The van der Waals surface area contributed by atoms with Gasteiger partial charge in [-0.3, -0.25) is 4.79 Å². The van der Waals surface area contributed by atoms with E-state index in [2.05, 4.69) is 17.2 Å². The van der Waals surface area contributed by atoms with Crippen LogP contribution in [0.15, 0.2) is 30.9 Å². The SMILES string of the molecule is C=CCNC(=O)COc1cc(CNCC)ccc1OC. The third kappa shape index (κ3) is 5.32. The Morgan fingerprint density at radius 1 is 1.40 bits per heavy atom. The van der Waals surface area contributed by atoms with Crippen molar-refractivity contribution in [3.8, 4) is 11.5 Å². The van der Waals surface area contributed by atoms with Gasteiger partial charge in [0.1, 0.15) is 0 Å². The summed E-state index contributed by atoms with van der Waals surface area (Å²) < 4.78 is 10.7. The van der Waals surface area contributed by atoms with E-state index in [9.17, 15) is 4.79 Å². The summed E-state index contributed by atoms with van der Waals surface area (Å²) in [5.74, 6) is 0.988. The Hall–Kier alpha value is -2.01. The minimum atomic E-state index is -0.191. The summed E-state index contributed by atoms with van der Waals surface area (Å²) in [6, 6.07) is 5.68. The molecule has 0 aliphatic carbocycles. The first-order valence-electron chi connectivity index (χ1n) is 6.59. The number of benzene rings is 1. The van der Waals surface area contributed by atoms with Crippen LogP contribution in [0.3, 0.4) is 0 Å². The van der Waals surface area contributed by atoms with Gasteiger partial charge in [-0.05, 0) is 24.2 Å². The molecule has 0 aliphatic heterocycles. The number of ether oxygens (including phenoxy) is 2. The summed E-state index contributed by atoms with van der Waals surface area (Å²) in [7, 11) is 1.57. The third-order valence-electron chi connectivity index (χ3n) is 2.61. The van der Waals surface area contributed by atoms with Gasteiger partial charge >= 0.3 is 0 Å². The first-order chi connectivity index (χ1) is 9.71. The Kier molecular flexibility index (Phi) is 7.21. The monoisotopic (exact) mass is 278 g/mol. The van der Waals surface area contributed by atoms with Crippen LogP contribution in [0, 0.1) is 0 Å². The average molecular weight is 278 g/mol. The van der Waals surface area contributed by atoms with Crippen LogP contribution >= 0.6 is 0 Å². The maximum Gasteiger partial charge on any atom is 0.258 e. The highest BCUT2D eigenvalue weighted by atomic mass is 16.5. The van der Waals surface area contributed by atoms with E-state index in [4.69, 9.17) is 9.47 Å². The van der Waals surface area contributed by atoms with E-state index in [1.54, 1.807) is 13.2 Å². The second kappa shape index (κ2) is 8.98. The van der Waals surface area contributed by atoms with E-state index >= 15 is 0 Å². The molecule has 0 saturated carbocycles. The maximum absolute atomic E-state index is 11.5. The second-order valence-electron chi connectivity index (χ2n) is 4.15. The summed E-state index contributed by atoms with van der Waals surface area (Å²) >= 11 is 0. The van der Waals surface area contributed by atoms with Crippen molar-refractivity contribution in [3.63, 3.8) is 0 Å². The van der Waals surface area contributed by atoms with E-state index in [0.29, 0.717) is 18.0 Å². The lowest BCUT2D eigenvalue weighted by molar-refractivity contribution is -0.122. The zero-order chi connectivity index (χ0) is 14.8. The molecule has 5 nitrogen and oxygen atoms in total. The first kappa shape index (κ1) is 16.0. The van der Waals surface area contributed by atoms with Crippen molar-refractivity contribution in [2.75, 3.05) is 26.8 Å². The molecule has 0 fully saturated rings. The van der Waals surface area contributed by atoms with Crippen molar-refractivity contribution in [2.45, 2.75) is 13.5 Å². The molecule has 1 aromatic rings. The van der Waals surface area contributed by atoms with Gasteiger partial charge in [0.15, 0.2) is 18.1 Å². The molecular formula is C15H22N2O3. The first-order valence-corrected chi connectivity index (χ1v) is 6.59. The van der Waals surface area contributed by atoms with Gasteiger partial charge in [-0.15, -0.1) is 6.58 Å². The Labute approximate surface area is 120 Å². The minimum Gasteiger partial charge on any atom is -0.493 e. The molecule has 0 bridgehead atoms. The molecule has 20 heavy (non-hydrogen) atoms. The van der Waals surface area contributed by atoms with E-state index in [1.807, 2.05) is 25.1 Å². The zero-order valence-corrected chi connectivity index (χ0v) is 12.1. The fraction of sp³-hybridized carbons (Fsp3) is 0.400. The molecule has 0 aliphatic rings. The number of methoxy groups -OCH3 is 1. The molecule has 1 amide bonds. The molecule has 0 atom stereocenters. The van der Waals surface area contributed by atoms with Crippen molar-refractivity contribution in [2.24, 2.45) is 0 Å². The Balaban J connectivity index is 2.65. The Morgan fingerprint density at radius 3 is 2.85 bits per heavy atom. The lowest BCUT2D eigenvalue weighted by Gasteiger charge is -2.12. The number of amides is 1. The van der Waals surface area contributed by atoms with E-state index in [0.717, 1.165) is 18.7 Å². The van der Waals surface area contributed by atoms with E-state index < -0.39 is 0 Å². The third-order valence-corrected chi connectivity index (χ3v) is 2.61. The van der Waals surface area contributed by atoms with Crippen LogP contribution in [0.2, 0.25) is 0 Å². The van der Waals surface area contributed by atoms with Crippen molar-refractivity contribution < 1.29 is 14.3 Å². The number of hydrogen-bond acceptors (Lipinski definition) is 4. The standard InChI is InChI=1S/C15H22N2O3/c1-4-8-17-15(18)11-20-14-9-12(10-16-5-2)6-7-13(14)19-3/h4,6-7,9,16H,1,5,8,10-11H2,2-3H3,(H,17,18). The van der Waals surface area contributed by atoms with Crippen LogP contribution < -0.4 is 20.1 Å². The lowest BCUT2D eigenvalue weighted by Crippen LogP contribution is -2.28. The highest BCUT2D eigenvalue weighted by Crippen LogP contribution is 2.27. The van der Waals surface area contributed by atoms with Crippen molar-refractivity contribution >= 4 is 5.91 Å². The fourth-order valence-electron chi connectivity index (χ4n) is 1.59. The second-order valence-corrected chi connectivity index (χ2v) is 4.15. The van der Waals surface area contributed by atoms with Gasteiger partial charge in [0, 0.05) is 13.1 Å². The lowest BCUT2D eigenvalue weighted by atomic mass is 10.2. The molecule has 0 radical (unpaired) electrons. The van der Waals surface area contributed by atoms with Crippen LogP contribution in [0.5, 0.6) is 11.5 Å². The molecule has 1 aromatic carbocycles. The zero-order valence-electron chi connectivity index (χ0n) is 12.1.